The van der Waals surface area contributed by atoms with Crippen LogP contribution in [0.2, 0.25) is 0 Å². The maximum absolute atomic E-state index is 11.1. The summed E-state index contributed by atoms with van der Waals surface area (Å²) in [5, 5.41) is 6.39. The van der Waals surface area contributed by atoms with Crippen LogP contribution in [0.5, 0.6) is 0 Å². The van der Waals surface area contributed by atoms with E-state index in [1.807, 2.05) is 6.92 Å². The predicted molar refractivity (Wildman–Crippen MR) is 81.0 cm³/mol. The molecule has 2 N–H and O–H groups in total. The minimum Gasteiger partial charge on any atom is -0.466 e. The summed E-state index contributed by atoms with van der Waals surface area (Å²) >= 11 is 0. The van der Waals surface area contributed by atoms with Crippen LogP contribution in [-0.4, -0.2) is 52.4 Å². The van der Waals surface area contributed by atoms with Gasteiger partial charge in [0.25, 0.3) is 0 Å². The summed E-state index contributed by atoms with van der Waals surface area (Å²) in [7, 11) is 3.43. The number of carbonyl (C=O) groups excluding carboxylic acids is 1. The Bertz CT molecular complexity index is 270. The SMILES string of the molecule is CCOC(=O)CCCCCCNC(=NC)NCCOC. The van der Waals surface area contributed by atoms with Gasteiger partial charge in [0.05, 0.1) is 13.2 Å². The quantitative estimate of drug-likeness (QED) is 0.259. The number of carbonyl (C=O) groups is 1. The summed E-state index contributed by atoms with van der Waals surface area (Å²) in [6, 6.07) is 0. The first-order valence-electron chi connectivity index (χ1n) is 7.33. The van der Waals surface area contributed by atoms with Crippen LogP contribution in [0.4, 0.5) is 0 Å². The van der Waals surface area contributed by atoms with Gasteiger partial charge in [-0.2, -0.15) is 0 Å². The van der Waals surface area contributed by atoms with Crippen LogP contribution in [0.25, 0.3) is 0 Å². The molecule has 0 spiro atoms. The van der Waals surface area contributed by atoms with Gasteiger partial charge < -0.3 is 20.1 Å². The van der Waals surface area contributed by atoms with Crippen LogP contribution in [0, 0.1) is 0 Å². The van der Waals surface area contributed by atoms with Crippen molar-refractivity contribution < 1.29 is 14.3 Å². The third kappa shape index (κ3) is 11.8. The van der Waals surface area contributed by atoms with Crippen molar-refractivity contribution in [3.63, 3.8) is 0 Å². The van der Waals surface area contributed by atoms with E-state index in [9.17, 15) is 4.79 Å². The van der Waals surface area contributed by atoms with Gasteiger partial charge >= 0.3 is 5.97 Å². The number of ether oxygens (including phenoxy) is 2. The zero-order valence-corrected chi connectivity index (χ0v) is 13.0. The van der Waals surface area contributed by atoms with E-state index >= 15 is 0 Å². The molecule has 0 aliphatic carbocycles. The Balaban J connectivity index is 3.39. The molecule has 20 heavy (non-hydrogen) atoms. The van der Waals surface area contributed by atoms with Gasteiger partial charge in [0.2, 0.25) is 0 Å². The molecule has 6 nitrogen and oxygen atoms in total. The lowest BCUT2D eigenvalue weighted by Crippen LogP contribution is -2.39. The minimum absolute atomic E-state index is 0.0895. The molecule has 0 heterocycles. The van der Waals surface area contributed by atoms with Gasteiger partial charge in [-0.1, -0.05) is 12.8 Å². The van der Waals surface area contributed by atoms with Gasteiger partial charge in [-0.05, 0) is 19.8 Å². The highest BCUT2D eigenvalue weighted by molar-refractivity contribution is 5.79. The van der Waals surface area contributed by atoms with E-state index in [4.69, 9.17) is 9.47 Å². The standard InChI is InChI=1S/C14H29N3O3/c1-4-20-13(18)9-7-5-6-8-10-16-14(15-2)17-11-12-19-3/h4-12H2,1-3H3,(H2,15,16,17). The van der Waals surface area contributed by atoms with E-state index < -0.39 is 0 Å². The topological polar surface area (TPSA) is 72.0 Å². The van der Waals surface area contributed by atoms with Crippen LogP contribution in [-0.2, 0) is 14.3 Å². The molecule has 0 radical (unpaired) electrons. The highest BCUT2D eigenvalue weighted by atomic mass is 16.5. The lowest BCUT2D eigenvalue weighted by atomic mass is 10.1. The molecule has 0 aromatic heterocycles. The highest BCUT2D eigenvalue weighted by Gasteiger charge is 2.01. The van der Waals surface area contributed by atoms with Gasteiger partial charge in [0.1, 0.15) is 0 Å². The summed E-state index contributed by atoms with van der Waals surface area (Å²) in [5.74, 6) is 0.710. The van der Waals surface area contributed by atoms with Gasteiger partial charge in [0.15, 0.2) is 5.96 Å². The monoisotopic (exact) mass is 287 g/mol. The summed E-state index contributed by atoms with van der Waals surface area (Å²) in [6.45, 7) is 4.59. The van der Waals surface area contributed by atoms with E-state index in [0.717, 1.165) is 44.7 Å². The molecule has 0 rings (SSSR count). The second kappa shape index (κ2) is 14.1. The number of unbranched alkanes of at least 4 members (excludes halogenated alkanes) is 3. The number of aliphatic imine (C=N–C) groups is 1. The zero-order valence-electron chi connectivity index (χ0n) is 13.0. The molecule has 0 aromatic rings. The van der Waals surface area contributed by atoms with Gasteiger partial charge in [0, 0.05) is 33.7 Å². The van der Waals surface area contributed by atoms with Gasteiger partial charge in [-0.3, -0.25) is 9.79 Å². The number of nitrogens with one attached hydrogen (secondary N) is 2. The molecule has 6 heteroatoms. The number of guanidine groups is 1. The average molecular weight is 287 g/mol. The third-order valence-corrected chi connectivity index (χ3v) is 2.73. The van der Waals surface area contributed by atoms with E-state index in [1.54, 1.807) is 14.2 Å². The zero-order chi connectivity index (χ0) is 15.1. The van der Waals surface area contributed by atoms with Crippen molar-refractivity contribution in [3.8, 4) is 0 Å². The first-order chi connectivity index (χ1) is 9.74. The Morgan fingerprint density at radius 2 is 1.80 bits per heavy atom. The van der Waals surface area contributed by atoms with Crippen molar-refractivity contribution in [2.75, 3.05) is 40.5 Å². The van der Waals surface area contributed by atoms with Crippen molar-refractivity contribution in [2.24, 2.45) is 4.99 Å². The summed E-state index contributed by atoms with van der Waals surface area (Å²) in [4.78, 5) is 15.2. The number of methoxy groups -OCH3 is 1. The van der Waals surface area contributed by atoms with Crippen LogP contribution < -0.4 is 10.6 Å². The minimum atomic E-state index is -0.0895. The lowest BCUT2D eigenvalue weighted by Gasteiger charge is -2.11. The van der Waals surface area contributed by atoms with Crippen molar-refractivity contribution in [3.05, 3.63) is 0 Å². The number of rotatable bonds is 11. The van der Waals surface area contributed by atoms with Crippen LogP contribution in [0.15, 0.2) is 4.99 Å². The molecule has 0 amide bonds. The maximum atomic E-state index is 11.1. The predicted octanol–water partition coefficient (Wildman–Crippen LogP) is 1.31. The Labute approximate surface area is 122 Å². The fourth-order valence-electron chi connectivity index (χ4n) is 1.68. The normalized spacial score (nSPS) is 11.2. The lowest BCUT2D eigenvalue weighted by molar-refractivity contribution is -0.143. The van der Waals surface area contributed by atoms with Crippen LogP contribution >= 0.6 is 0 Å². The van der Waals surface area contributed by atoms with Crippen molar-refractivity contribution in [1.29, 1.82) is 0 Å². The summed E-state index contributed by atoms with van der Waals surface area (Å²) < 4.78 is 9.84. The molecule has 0 aliphatic heterocycles. The molecule has 0 saturated heterocycles. The summed E-state index contributed by atoms with van der Waals surface area (Å²) in [6.07, 6.45) is 4.65. The molecule has 0 atom stereocenters. The first kappa shape index (κ1) is 18.7. The van der Waals surface area contributed by atoms with E-state index in [0.29, 0.717) is 19.6 Å². The molecule has 0 fully saturated rings. The fraction of sp³-hybridized carbons (Fsp3) is 0.857. The Morgan fingerprint density at radius 1 is 1.10 bits per heavy atom. The molecule has 0 unspecified atom stereocenters. The van der Waals surface area contributed by atoms with Crippen molar-refractivity contribution in [1.82, 2.24) is 10.6 Å². The number of hydrogen-bond donors (Lipinski definition) is 2. The maximum Gasteiger partial charge on any atom is 0.305 e. The second-order valence-electron chi connectivity index (χ2n) is 4.39. The molecule has 0 aromatic carbocycles. The Morgan fingerprint density at radius 3 is 2.45 bits per heavy atom. The Kier molecular flexibility index (Phi) is 13.2. The largest absolute Gasteiger partial charge is 0.466 e. The molecule has 0 bridgehead atoms. The fourth-order valence-corrected chi connectivity index (χ4v) is 1.68. The smallest absolute Gasteiger partial charge is 0.305 e. The van der Waals surface area contributed by atoms with Crippen molar-refractivity contribution >= 4 is 11.9 Å². The second-order valence-corrected chi connectivity index (χ2v) is 4.39. The first-order valence-corrected chi connectivity index (χ1v) is 7.33. The van der Waals surface area contributed by atoms with Gasteiger partial charge in [-0.15, -0.1) is 0 Å². The van der Waals surface area contributed by atoms with E-state index in [2.05, 4.69) is 15.6 Å². The number of hydrogen-bond acceptors (Lipinski definition) is 4. The highest BCUT2D eigenvalue weighted by Crippen LogP contribution is 2.03. The van der Waals surface area contributed by atoms with E-state index in [-0.39, 0.29) is 5.97 Å². The van der Waals surface area contributed by atoms with Crippen LogP contribution in [0.1, 0.15) is 39.0 Å². The number of nitrogens with zero attached hydrogens (tertiary/aromatic N) is 1. The van der Waals surface area contributed by atoms with Crippen molar-refractivity contribution in [2.45, 2.75) is 39.0 Å². The molecule has 0 saturated carbocycles. The summed E-state index contributed by atoms with van der Waals surface area (Å²) in [5.41, 5.74) is 0. The number of esters is 1. The molecular weight excluding hydrogens is 258 g/mol. The third-order valence-electron chi connectivity index (χ3n) is 2.73. The molecule has 118 valence electrons. The Hall–Kier alpha value is -1.30. The van der Waals surface area contributed by atoms with E-state index in [1.165, 1.54) is 0 Å². The average Bonchev–Trinajstić information content (AvgIpc) is 2.44. The van der Waals surface area contributed by atoms with Crippen LogP contribution in [0.3, 0.4) is 0 Å². The molecular formula is C14H29N3O3. The van der Waals surface area contributed by atoms with Gasteiger partial charge in [-0.25, -0.2) is 0 Å². The molecule has 0 aliphatic rings.